The maximum Gasteiger partial charge on any atom is 0.351 e. The summed E-state index contributed by atoms with van der Waals surface area (Å²) in [5.74, 6) is -2.64. The van der Waals surface area contributed by atoms with Crippen LogP contribution < -0.4 is 17.2 Å². The maximum absolute atomic E-state index is 13.5. The van der Waals surface area contributed by atoms with Gasteiger partial charge in [0.2, 0.25) is 0 Å². The van der Waals surface area contributed by atoms with Crippen LogP contribution in [0.1, 0.15) is 120 Å². The van der Waals surface area contributed by atoms with Gasteiger partial charge in [-0.3, -0.25) is 14.4 Å². The summed E-state index contributed by atoms with van der Waals surface area (Å²) in [4.78, 5) is 56.7. The van der Waals surface area contributed by atoms with Gasteiger partial charge in [-0.1, -0.05) is 71.7 Å². The lowest BCUT2D eigenvalue weighted by molar-refractivity contribution is -0.262. The zero-order valence-electron chi connectivity index (χ0n) is 33.8. The molecular weight excluding hydrogens is 692 g/mol. The van der Waals surface area contributed by atoms with Crippen molar-refractivity contribution < 1.29 is 43.3 Å². The number of nitrogens with zero attached hydrogens (tertiary/aromatic N) is 1. The third-order valence-corrected chi connectivity index (χ3v) is 15.5. The molecular formula is C41H66N4O9. The van der Waals surface area contributed by atoms with Crippen LogP contribution in [0.15, 0.2) is 16.8 Å². The van der Waals surface area contributed by atoms with Gasteiger partial charge in [0, 0.05) is 17.8 Å². The first kappa shape index (κ1) is 42.1. The van der Waals surface area contributed by atoms with Crippen LogP contribution in [0.25, 0.3) is 0 Å². The summed E-state index contributed by atoms with van der Waals surface area (Å²) in [6.07, 6.45) is 6.57. The molecule has 3 saturated carbocycles. The predicted molar refractivity (Wildman–Crippen MR) is 202 cm³/mol. The summed E-state index contributed by atoms with van der Waals surface area (Å²) in [6.45, 7) is 18.0. The SMILES string of the molecule is CC(=O)O[C@@H]1C[C@@]23COC[C@@](C)([C@@H]2CC[C@H]2C3=CC[C@@]3(C)[C@H](C(=O)O)[C@@](C)([C@H](C)C(C)C)CC[C@]23C)[C@H]1OC(=O)C/C(N)=N/OC(=O)C(N)CCCCN. The van der Waals surface area contributed by atoms with Crippen LogP contribution in [0.2, 0.25) is 0 Å². The minimum Gasteiger partial charge on any atom is -0.481 e. The normalized spacial score (nSPS) is 39.9. The summed E-state index contributed by atoms with van der Waals surface area (Å²) in [6, 6.07) is -0.894. The average Bonchev–Trinajstić information content (AvgIpc) is 3.08. The fourth-order valence-corrected chi connectivity index (χ4v) is 12.3. The van der Waals surface area contributed by atoms with E-state index in [1.807, 2.05) is 0 Å². The first-order valence-electron chi connectivity index (χ1n) is 20.1. The number of carbonyl (C=O) groups is 4. The van der Waals surface area contributed by atoms with E-state index in [2.05, 4.69) is 59.7 Å². The Morgan fingerprint density at radius 1 is 1.02 bits per heavy atom. The van der Waals surface area contributed by atoms with Crippen LogP contribution in [0, 0.1) is 56.7 Å². The Kier molecular flexibility index (Phi) is 12.1. The largest absolute Gasteiger partial charge is 0.481 e. The van der Waals surface area contributed by atoms with Crippen molar-refractivity contribution in [1.29, 1.82) is 0 Å². The number of unbranched alkanes of at least 4 members (excludes halogenated alkanes) is 1. The van der Waals surface area contributed by atoms with Crippen molar-refractivity contribution in [2.24, 2.45) is 79.0 Å². The molecule has 0 radical (unpaired) electrons. The number of carboxylic acids is 1. The molecule has 7 N–H and O–H groups in total. The van der Waals surface area contributed by atoms with Crippen molar-refractivity contribution in [2.75, 3.05) is 19.8 Å². The van der Waals surface area contributed by atoms with E-state index >= 15 is 0 Å². The zero-order chi connectivity index (χ0) is 40.0. The van der Waals surface area contributed by atoms with Crippen LogP contribution >= 0.6 is 0 Å². The van der Waals surface area contributed by atoms with Crippen LogP contribution in [-0.4, -0.2) is 72.8 Å². The number of fused-ring (bicyclic) bond motifs is 3. The maximum atomic E-state index is 13.5. The van der Waals surface area contributed by atoms with Gasteiger partial charge in [0.15, 0.2) is 5.84 Å². The topological polar surface area (TPSA) is 216 Å². The number of rotatable bonds is 13. The monoisotopic (exact) mass is 758 g/mol. The lowest BCUT2D eigenvalue weighted by atomic mass is 9.34. The number of carbonyl (C=O) groups excluding carboxylic acids is 3. The highest BCUT2D eigenvalue weighted by Crippen LogP contribution is 2.75. The molecule has 4 aliphatic carbocycles. The number of allylic oxidation sites excluding steroid dienone is 1. The van der Waals surface area contributed by atoms with Crippen LogP contribution in [-0.2, 0) is 38.2 Å². The summed E-state index contributed by atoms with van der Waals surface area (Å²) >= 11 is 0. The lowest BCUT2D eigenvalue weighted by Crippen LogP contribution is -2.70. The van der Waals surface area contributed by atoms with Crippen molar-refractivity contribution in [1.82, 2.24) is 0 Å². The number of amidine groups is 1. The molecule has 5 aliphatic rings. The highest BCUT2D eigenvalue weighted by Gasteiger charge is 2.72. The molecule has 4 fully saturated rings. The van der Waals surface area contributed by atoms with Crippen LogP contribution in [0.5, 0.6) is 0 Å². The van der Waals surface area contributed by atoms with E-state index in [1.165, 1.54) is 12.5 Å². The quantitative estimate of drug-likeness (QED) is 0.0368. The van der Waals surface area contributed by atoms with Gasteiger partial charge in [0.25, 0.3) is 0 Å². The number of carboxylic acid groups (broad SMARTS) is 1. The first-order chi connectivity index (χ1) is 25.2. The minimum absolute atomic E-state index is 0.0524. The third kappa shape index (κ3) is 6.99. The van der Waals surface area contributed by atoms with Crippen LogP contribution in [0.3, 0.4) is 0 Å². The number of nitrogens with two attached hydrogens (primary N) is 3. The van der Waals surface area contributed by atoms with Crippen molar-refractivity contribution in [3.63, 3.8) is 0 Å². The van der Waals surface area contributed by atoms with Gasteiger partial charge in [-0.25, -0.2) is 4.79 Å². The molecule has 2 bridgehead atoms. The molecule has 0 amide bonds. The van der Waals surface area contributed by atoms with E-state index in [-0.39, 0.29) is 34.4 Å². The molecule has 13 nitrogen and oxygen atoms in total. The second-order valence-corrected chi connectivity index (χ2v) is 18.7. The van der Waals surface area contributed by atoms with Gasteiger partial charge in [0.1, 0.15) is 24.7 Å². The van der Waals surface area contributed by atoms with Crippen molar-refractivity contribution in [3.05, 3.63) is 11.6 Å². The Bertz CT molecular complexity index is 1530. The second kappa shape index (κ2) is 15.5. The molecule has 0 aromatic heterocycles. The van der Waals surface area contributed by atoms with Gasteiger partial charge in [-0.05, 0) is 97.8 Å². The van der Waals surface area contributed by atoms with Crippen molar-refractivity contribution in [3.8, 4) is 0 Å². The van der Waals surface area contributed by atoms with E-state index < -0.39 is 70.7 Å². The predicted octanol–water partition coefficient (Wildman–Crippen LogP) is 5.08. The Balaban J connectivity index is 1.42. The van der Waals surface area contributed by atoms with Gasteiger partial charge in [0.05, 0.1) is 19.1 Å². The second-order valence-electron chi connectivity index (χ2n) is 18.7. The number of hydrogen-bond donors (Lipinski definition) is 4. The summed E-state index contributed by atoms with van der Waals surface area (Å²) in [5.41, 5.74) is 16.4. The Morgan fingerprint density at radius 2 is 1.72 bits per heavy atom. The highest BCUT2D eigenvalue weighted by atomic mass is 16.7. The summed E-state index contributed by atoms with van der Waals surface area (Å²) in [7, 11) is 0. The molecule has 1 saturated heterocycles. The van der Waals surface area contributed by atoms with Gasteiger partial charge < -0.3 is 41.4 Å². The number of esters is 2. The summed E-state index contributed by atoms with van der Waals surface area (Å²) in [5, 5.41) is 14.6. The Labute approximate surface area is 320 Å². The van der Waals surface area contributed by atoms with Gasteiger partial charge >= 0.3 is 23.9 Å². The molecule has 54 heavy (non-hydrogen) atoms. The molecule has 0 aromatic rings. The molecule has 1 heterocycles. The Hall–Kier alpha value is -3.03. The molecule has 0 aromatic carbocycles. The first-order valence-corrected chi connectivity index (χ1v) is 20.1. The molecule has 0 spiro atoms. The smallest absolute Gasteiger partial charge is 0.351 e. The van der Waals surface area contributed by atoms with Crippen molar-refractivity contribution in [2.45, 2.75) is 138 Å². The fourth-order valence-electron chi connectivity index (χ4n) is 12.3. The molecule has 304 valence electrons. The molecule has 5 rings (SSSR count). The average molecular weight is 759 g/mol. The van der Waals surface area contributed by atoms with Gasteiger partial charge in [-0.2, -0.15) is 0 Å². The Morgan fingerprint density at radius 3 is 2.35 bits per heavy atom. The van der Waals surface area contributed by atoms with E-state index in [0.717, 1.165) is 32.1 Å². The standard InChI is InChI=1S/C41H66N4O9/c1-23(2)24(3)37(5)16-17-39(7)26-12-13-30-38(6)21-51-22-41(30,27(26)14-15-40(39,8)33(37)35(48)49)20-29(52-25(4)46)34(38)53-32(47)19-31(44)45-54-36(50)28(43)11-9-10-18-42/h14,23-24,26,28-30,33-34H,9-13,15-22,42-43H2,1-8H3,(H2,44,45)(H,48,49)/t24-,26+,28?,29-,30+,33-,34+,37-,38+,39-,40+,41+/m1/s1. The number of oxime groups is 1. The number of ether oxygens (including phenoxy) is 3. The van der Waals surface area contributed by atoms with E-state index in [0.29, 0.717) is 51.4 Å². The van der Waals surface area contributed by atoms with E-state index in [4.69, 9.17) is 36.2 Å². The third-order valence-electron chi connectivity index (χ3n) is 15.5. The molecule has 1 unspecified atom stereocenters. The van der Waals surface area contributed by atoms with Crippen LogP contribution in [0.4, 0.5) is 0 Å². The molecule has 13 heteroatoms. The van der Waals surface area contributed by atoms with E-state index in [1.54, 1.807) is 0 Å². The lowest BCUT2D eigenvalue weighted by Gasteiger charge is -2.71. The molecule has 12 atom stereocenters. The highest BCUT2D eigenvalue weighted by molar-refractivity contribution is 5.96. The summed E-state index contributed by atoms with van der Waals surface area (Å²) < 4.78 is 18.7. The van der Waals surface area contributed by atoms with Gasteiger partial charge in [-0.15, -0.1) is 0 Å². The number of aliphatic carboxylic acids is 1. The minimum atomic E-state index is -0.894. The zero-order valence-corrected chi connectivity index (χ0v) is 33.8. The number of hydrogen-bond acceptors (Lipinski definition) is 11. The van der Waals surface area contributed by atoms with Crippen molar-refractivity contribution >= 4 is 29.7 Å². The fraction of sp³-hybridized carbons (Fsp3) is 0.829. The van der Waals surface area contributed by atoms with E-state index in [9.17, 15) is 24.3 Å². The molecule has 1 aliphatic heterocycles.